The van der Waals surface area contributed by atoms with Gasteiger partial charge in [0.2, 0.25) is 5.91 Å². The summed E-state index contributed by atoms with van der Waals surface area (Å²) in [6, 6.07) is 8.26. The van der Waals surface area contributed by atoms with Crippen molar-refractivity contribution in [2.45, 2.75) is 38.8 Å². The third-order valence-corrected chi connectivity index (χ3v) is 3.39. The Morgan fingerprint density at radius 1 is 1.47 bits per heavy atom. The Balaban J connectivity index is 1.99. The fourth-order valence-corrected chi connectivity index (χ4v) is 2.37. The van der Waals surface area contributed by atoms with Crippen LogP contribution in [-0.4, -0.2) is 18.5 Å². The molecule has 0 aromatic heterocycles. The molecule has 2 N–H and O–H groups in total. The van der Waals surface area contributed by atoms with Crippen molar-refractivity contribution >= 4 is 5.91 Å². The van der Waals surface area contributed by atoms with E-state index >= 15 is 0 Å². The van der Waals surface area contributed by atoms with E-state index < -0.39 is 0 Å². The lowest BCUT2D eigenvalue weighted by molar-refractivity contribution is -0.123. The van der Waals surface area contributed by atoms with Gasteiger partial charge in [0.1, 0.15) is 0 Å². The molecule has 1 heterocycles. The summed E-state index contributed by atoms with van der Waals surface area (Å²) in [6.07, 6.45) is 2.04. The number of benzene rings is 1. The van der Waals surface area contributed by atoms with Gasteiger partial charge in [-0.1, -0.05) is 24.3 Å². The van der Waals surface area contributed by atoms with Gasteiger partial charge in [-0.25, -0.2) is 0 Å². The largest absolute Gasteiger partial charge is 0.348 e. The van der Waals surface area contributed by atoms with E-state index in [-0.39, 0.29) is 18.0 Å². The van der Waals surface area contributed by atoms with E-state index in [1.165, 1.54) is 11.1 Å². The Kier molecular flexibility index (Phi) is 3.79. The van der Waals surface area contributed by atoms with E-state index in [2.05, 4.69) is 29.7 Å². The maximum atomic E-state index is 12.0. The molecule has 1 aromatic carbocycles. The zero-order chi connectivity index (χ0) is 12.3. The first-order chi connectivity index (χ1) is 8.18. The van der Waals surface area contributed by atoms with Crippen molar-refractivity contribution in [1.82, 2.24) is 10.6 Å². The summed E-state index contributed by atoms with van der Waals surface area (Å²) in [7, 11) is 0. The van der Waals surface area contributed by atoms with Gasteiger partial charge in [-0.05, 0) is 44.4 Å². The number of rotatable bonds is 3. The Bertz CT molecular complexity index is 397. The van der Waals surface area contributed by atoms with Gasteiger partial charge in [0.05, 0.1) is 12.1 Å². The highest BCUT2D eigenvalue weighted by Crippen LogP contribution is 2.17. The van der Waals surface area contributed by atoms with Crippen molar-refractivity contribution < 1.29 is 4.79 Å². The molecule has 17 heavy (non-hydrogen) atoms. The van der Waals surface area contributed by atoms with Crippen LogP contribution in [0.1, 0.15) is 36.9 Å². The van der Waals surface area contributed by atoms with Crippen molar-refractivity contribution in [2.24, 2.45) is 0 Å². The summed E-state index contributed by atoms with van der Waals surface area (Å²) in [4.78, 5) is 12.0. The van der Waals surface area contributed by atoms with Crippen molar-refractivity contribution in [3.05, 3.63) is 35.4 Å². The molecule has 2 rings (SSSR count). The minimum absolute atomic E-state index is 0.00136. The van der Waals surface area contributed by atoms with Crippen LogP contribution in [0.15, 0.2) is 24.3 Å². The molecular formula is C14H20N2O. The Morgan fingerprint density at radius 3 is 2.88 bits per heavy atom. The van der Waals surface area contributed by atoms with Crippen LogP contribution in [0, 0.1) is 6.92 Å². The second-order valence-corrected chi connectivity index (χ2v) is 4.74. The molecule has 0 bridgehead atoms. The van der Waals surface area contributed by atoms with Gasteiger partial charge in [-0.15, -0.1) is 0 Å². The number of carbonyl (C=O) groups excluding carboxylic acids is 1. The summed E-state index contributed by atoms with van der Waals surface area (Å²) in [6.45, 7) is 5.07. The molecule has 2 unspecified atom stereocenters. The van der Waals surface area contributed by atoms with Crippen LogP contribution in [0.5, 0.6) is 0 Å². The number of hydrogen-bond donors (Lipinski definition) is 2. The van der Waals surface area contributed by atoms with Crippen molar-refractivity contribution in [3.63, 3.8) is 0 Å². The predicted molar refractivity (Wildman–Crippen MR) is 68.8 cm³/mol. The lowest BCUT2D eigenvalue weighted by atomic mass is 10.0. The Hall–Kier alpha value is -1.35. The molecule has 1 aliphatic rings. The molecule has 1 aliphatic heterocycles. The average molecular weight is 232 g/mol. The second-order valence-electron chi connectivity index (χ2n) is 4.74. The number of aryl methyl sites for hydroxylation is 1. The summed E-state index contributed by atoms with van der Waals surface area (Å²) in [5.74, 6) is 0.123. The summed E-state index contributed by atoms with van der Waals surface area (Å²) in [5.41, 5.74) is 2.42. The molecular weight excluding hydrogens is 212 g/mol. The van der Waals surface area contributed by atoms with Crippen molar-refractivity contribution in [2.75, 3.05) is 6.54 Å². The number of amides is 1. The van der Waals surface area contributed by atoms with Crippen molar-refractivity contribution in [3.8, 4) is 0 Å². The average Bonchev–Trinajstić information content (AvgIpc) is 2.82. The van der Waals surface area contributed by atoms with E-state index in [1.807, 2.05) is 19.1 Å². The van der Waals surface area contributed by atoms with Crippen LogP contribution in [0.4, 0.5) is 0 Å². The molecule has 3 heteroatoms. The minimum Gasteiger partial charge on any atom is -0.348 e. The molecule has 1 aromatic rings. The van der Waals surface area contributed by atoms with Gasteiger partial charge in [0, 0.05) is 0 Å². The van der Waals surface area contributed by atoms with Gasteiger partial charge in [-0.2, -0.15) is 0 Å². The number of nitrogens with one attached hydrogen (secondary N) is 2. The highest BCUT2D eigenvalue weighted by molar-refractivity contribution is 5.82. The van der Waals surface area contributed by atoms with Gasteiger partial charge in [-0.3, -0.25) is 4.79 Å². The van der Waals surface area contributed by atoms with E-state index in [9.17, 15) is 4.79 Å². The van der Waals surface area contributed by atoms with E-state index in [4.69, 9.17) is 0 Å². The standard InChI is InChI=1S/C14H20N2O/c1-10-6-3-4-7-12(10)11(2)16-14(17)13-8-5-9-15-13/h3-4,6-7,11,13,15H,5,8-9H2,1-2H3,(H,16,17). The molecule has 0 radical (unpaired) electrons. The van der Waals surface area contributed by atoms with Crippen LogP contribution >= 0.6 is 0 Å². The topological polar surface area (TPSA) is 41.1 Å². The molecule has 1 saturated heterocycles. The molecule has 0 saturated carbocycles. The SMILES string of the molecule is Cc1ccccc1C(C)NC(=O)C1CCCN1. The number of carbonyl (C=O) groups is 1. The molecule has 0 aliphatic carbocycles. The van der Waals surface area contributed by atoms with Gasteiger partial charge in [0.15, 0.2) is 0 Å². The summed E-state index contributed by atoms with van der Waals surface area (Å²) >= 11 is 0. The van der Waals surface area contributed by atoms with E-state index in [1.54, 1.807) is 0 Å². The second kappa shape index (κ2) is 5.32. The number of hydrogen-bond acceptors (Lipinski definition) is 2. The fraction of sp³-hybridized carbons (Fsp3) is 0.500. The van der Waals surface area contributed by atoms with Crippen LogP contribution in [0.2, 0.25) is 0 Å². The molecule has 92 valence electrons. The third kappa shape index (κ3) is 2.86. The molecule has 1 fully saturated rings. The predicted octanol–water partition coefficient (Wildman–Crippen LogP) is 1.92. The zero-order valence-electron chi connectivity index (χ0n) is 10.5. The molecule has 1 amide bonds. The molecule has 0 spiro atoms. The summed E-state index contributed by atoms with van der Waals surface area (Å²) in [5, 5.41) is 6.29. The van der Waals surface area contributed by atoms with E-state index in [0.717, 1.165) is 19.4 Å². The van der Waals surface area contributed by atoms with Gasteiger partial charge in [0.25, 0.3) is 0 Å². The highest BCUT2D eigenvalue weighted by atomic mass is 16.2. The minimum atomic E-state index is 0.00136. The van der Waals surface area contributed by atoms with Gasteiger partial charge < -0.3 is 10.6 Å². The zero-order valence-corrected chi connectivity index (χ0v) is 10.5. The van der Waals surface area contributed by atoms with E-state index in [0.29, 0.717) is 0 Å². The monoisotopic (exact) mass is 232 g/mol. The fourth-order valence-electron chi connectivity index (χ4n) is 2.37. The normalized spacial score (nSPS) is 21.2. The maximum absolute atomic E-state index is 12.0. The first-order valence-corrected chi connectivity index (χ1v) is 6.28. The van der Waals surface area contributed by atoms with Gasteiger partial charge >= 0.3 is 0 Å². The highest BCUT2D eigenvalue weighted by Gasteiger charge is 2.23. The lowest BCUT2D eigenvalue weighted by Gasteiger charge is -2.19. The smallest absolute Gasteiger partial charge is 0.237 e. The molecule has 3 nitrogen and oxygen atoms in total. The Labute approximate surface area is 103 Å². The van der Waals surface area contributed by atoms with Crippen LogP contribution in [0.25, 0.3) is 0 Å². The van der Waals surface area contributed by atoms with Crippen LogP contribution in [-0.2, 0) is 4.79 Å². The van der Waals surface area contributed by atoms with Crippen LogP contribution in [0.3, 0.4) is 0 Å². The lowest BCUT2D eigenvalue weighted by Crippen LogP contribution is -2.41. The van der Waals surface area contributed by atoms with Crippen molar-refractivity contribution in [1.29, 1.82) is 0 Å². The quantitative estimate of drug-likeness (QED) is 0.836. The summed E-state index contributed by atoms with van der Waals surface area (Å²) < 4.78 is 0. The first-order valence-electron chi connectivity index (χ1n) is 6.28. The third-order valence-electron chi connectivity index (χ3n) is 3.39. The Morgan fingerprint density at radius 2 is 2.24 bits per heavy atom. The maximum Gasteiger partial charge on any atom is 0.237 e. The van der Waals surface area contributed by atoms with Crippen LogP contribution < -0.4 is 10.6 Å². The first kappa shape index (κ1) is 12.1. The molecule has 2 atom stereocenters.